The van der Waals surface area contributed by atoms with Crippen molar-refractivity contribution in [2.75, 3.05) is 0 Å². The molecule has 1 rings (SSSR count). The summed E-state index contributed by atoms with van der Waals surface area (Å²) in [6.07, 6.45) is 0. The van der Waals surface area contributed by atoms with Gasteiger partial charge in [0.25, 0.3) is 0 Å². The molecule has 0 saturated carbocycles. The van der Waals surface area contributed by atoms with Crippen LogP contribution in [0.5, 0.6) is 0 Å². The van der Waals surface area contributed by atoms with Crippen LogP contribution < -0.4 is 3.07 Å². The predicted molar refractivity (Wildman–Crippen MR) is 43.7 cm³/mol. The van der Waals surface area contributed by atoms with E-state index in [4.69, 9.17) is 15.3 Å². The van der Waals surface area contributed by atoms with Crippen molar-refractivity contribution in [1.82, 2.24) is 0 Å². The fourth-order valence-corrected chi connectivity index (χ4v) is 1.54. The minimum atomic E-state index is -1.75. The quantitative estimate of drug-likeness (QED) is 0.386. The van der Waals surface area contributed by atoms with E-state index >= 15 is 0 Å². The molecule has 0 amide bonds. The molecule has 1 aromatic carbocycles. The Balaban J connectivity index is 0. The average molecular weight is 376 g/mol. The van der Waals surface area contributed by atoms with E-state index in [1.54, 1.807) is 0 Å². The van der Waals surface area contributed by atoms with Crippen LogP contribution in [0, 0.1) is 15.3 Å². The van der Waals surface area contributed by atoms with Gasteiger partial charge in [0.2, 0.25) is 0 Å². The van der Waals surface area contributed by atoms with E-state index in [1.807, 2.05) is 0 Å². The van der Waals surface area contributed by atoms with Crippen molar-refractivity contribution in [3.05, 3.63) is 45.7 Å². The van der Waals surface area contributed by atoms with Crippen LogP contribution in [0.3, 0.4) is 0 Å². The molecular weight excluding hydrogens is 370 g/mol. The van der Waals surface area contributed by atoms with Gasteiger partial charge < -0.3 is 15.3 Å². The third-order valence-corrected chi connectivity index (χ3v) is 2.68. The van der Waals surface area contributed by atoms with Crippen molar-refractivity contribution in [2.45, 2.75) is 0 Å². The summed E-state index contributed by atoms with van der Waals surface area (Å²) < 4.78 is 1.52. The van der Waals surface area contributed by atoms with Crippen molar-refractivity contribution in [1.29, 1.82) is 0 Å². The van der Waals surface area contributed by atoms with Gasteiger partial charge in [-0.3, -0.25) is 0 Å². The van der Waals surface area contributed by atoms with Gasteiger partial charge in [-0.2, -0.15) is 0 Å². The molecule has 0 bridgehead atoms. The summed E-state index contributed by atoms with van der Waals surface area (Å²) in [6, 6.07) is 10.6. The Morgan fingerprint density at radius 2 is 1.50 bits per heavy atom. The van der Waals surface area contributed by atoms with E-state index in [9.17, 15) is 0 Å². The topological polar surface area (TPSA) is 66.2 Å². The molecule has 0 saturated heterocycles. The maximum absolute atomic E-state index is 8.25. The first kappa shape index (κ1) is 14.2. The number of benzene rings is 1. The second kappa shape index (κ2) is 8.74. The molecule has 1 aromatic rings. The number of rotatable bonds is 0. The summed E-state index contributed by atoms with van der Waals surface area (Å²) in [5.41, 5.74) is 0. The Bertz CT molecular complexity index is 215. The van der Waals surface area contributed by atoms with Gasteiger partial charge in [-0.1, -0.05) is 0 Å². The second-order valence-corrected chi connectivity index (χ2v) is 4.88. The number of nitrogens with zero attached hydrogens (tertiary/aromatic N) is 1. The normalized spacial score (nSPS) is 7.17. The predicted octanol–water partition coefficient (Wildman–Crippen LogP) is 1.04. The van der Waals surface area contributed by atoms with Crippen LogP contribution in [0.15, 0.2) is 30.3 Å². The van der Waals surface area contributed by atoms with Crippen LogP contribution in [0.25, 0.3) is 0 Å². The first-order chi connectivity index (χ1) is 5.13. The molecule has 0 N–H and O–H groups in total. The molecular formula is C6H6ClHgNO3. The first-order valence-corrected chi connectivity index (χ1v) is 5.56. The van der Waals surface area contributed by atoms with Crippen LogP contribution in [0.4, 0.5) is 0 Å². The molecule has 0 spiro atoms. The fourth-order valence-electron chi connectivity index (χ4n) is 0.478. The molecule has 0 unspecified atom stereocenters. The van der Waals surface area contributed by atoms with Crippen LogP contribution in [0.2, 0.25) is 0 Å². The van der Waals surface area contributed by atoms with Gasteiger partial charge in [0.15, 0.2) is 0 Å². The average Bonchev–Trinajstić information content (AvgIpc) is 1.87. The molecule has 4 nitrogen and oxygen atoms in total. The summed E-state index contributed by atoms with van der Waals surface area (Å²) in [6.45, 7) is 0. The summed E-state index contributed by atoms with van der Waals surface area (Å²) >= 11 is 0.810. The van der Waals surface area contributed by atoms with Crippen molar-refractivity contribution in [3.63, 3.8) is 0 Å². The Labute approximate surface area is 92.1 Å². The SMILES string of the molecule is Cl.O=[N+]([O-])[O-].[Hg+][c]1ccccc1. The van der Waals surface area contributed by atoms with E-state index < -0.39 is 5.09 Å². The standard InChI is InChI=1S/C6H5.ClH.Hg.NO3/c1-2-4-6-5-3-1;;;2-1(3)4/h1-5H;1H;;/q;;+1;-1. The molecule has 0 fully saturated rings. The number of halogens is 1. The van der Waals surface area contributed by atoms with Crippen LogP contribution >= 0.6 is 12.4 Å². The molecule has 0 aliphatic rings. The summed E-state index contributed by atoms with van der Waals surface area (Å²) in [4.78, 5) is 8.25. The Morgan fingerprint density at radius 1 is 1.17 bits per heavy atom. The molecule has 12 heavy (non-hydrogen) atoms. The van der Waals surface area contributed by atoms with Gasteiger partial charge in [-0.15, -0.1) is 12.4 Å². The summed E-state index contributed by atoms with van der Waals surface area (Å²) in [7, 11) is 0. The zero-order chi connectivity index (χ0) is 8.69. The molecule has 0 aliphatic heterocycles. The van der Waals surface area contributed by atoms with E-state index in [-0.39, 0.29) is 12.4 Å². The minimum absolute atomic E-state index is 0. The first-order valence-electron chi connectivity index (χ1n) is 2.81. The Kier molecular flexibility index (Phi) is 10.3. The molecule has 0 radical (unpaired) electrons. The van der Waals surface area contributed by atoms with Gasteiger partial charge >= 0.3 is 59.5 Å². The summed E-state index contributed by atoms with van der Waals surface area (Å²) in [5.74, 6) is 0. The third-order valence-electron chi connectivity index (χ3n) is 0.843. The van der Waals surface area contributed by atoms with Crippen molar-refractivity contribution < 1.29 is 31.2 Å². The molecule has 0 aliphatic carbocycles. The number of hydrogen-bond donors (Lipinski definition) is 0. The van der Waals surface area contributed by atoms with Crippen LogP contribution in [-0.2, 0) is 26.1 Å². The van der Waals surface area contributed by atoms with Crippen molar-refractivity contribution in [2.24, 2.45) is 0 Å². The van der Waals surface area contributed by atoms with Crippen LogP contribution in [-0.4, -0.2) is 5.09 Å². The van der Waals surface area contributed by atoms with Crippen LogP contribution in [0.1, 0.15) is 0 Å². The van der Waals surface area contributed by atoms with Gasteiger partial charge in [0.05, 0.1) is 5.09 Å². The van der Waals surface area contributed by atoms with Gasteiger partial charge in [-0.25, -0.2) is 0 Å². The Hall–Kier alpha value is -0.355. The zero-order valence-corrected chi connectivity index (χ0v) is 12.5. The summed E-state index contributed by atoms with van der Waals surface area (Å²) in [5, 5.41) is 14.8. The molecule has 0 heterocycles. The maximum atomic E-state index is 8.25. The fraction of sp³-hybridized carbons (Fsp3) is 0. The molecule has 62 valence electrons. The second-order valence-electron chi connectivity index (χ2n) is 1.71. The monoisotopic (exact) mass is 377 g/mol. The van der Waals surface area contributed by atoms with Gasteiger partial charge in [0.1, 0.15) is 0 Å². The number of hydrogen-bond acceptors (Lipinski definition) is 3. The van der Waals surface area contributed by atoms with Gasteiger partial charge in [-0.05, 0) is 0 Å². The van der Waals surface area contributed by atoms with E-state index in [0.717, 1.165) is 26.1 Å². The molecule has 6 heteroatoms. The van der Waals surface area contributed by atoms with E-state index in [2.05, 4.69) is 30.3 Å². The molecule has 0 aromatic heterocycles. The third kappa shape index (κ3) is 12.3. The zero-order valence-electron chi connectivity index (χ0n) is 6.17. The Morgan fingerprint density at radius 3 is 1.67 bits per heavy atom. The van der Waals surface area contributed by atoms with Crippen molar-refractivity contribution in [3.8, 4) is 0 Å². The van der Waals surface area contributed by atoms with E-state index in [0.29, 0.717) is 0 Å². The van der Waals surface area contributed by atoms with E-state index in [1.165, 1.54) is 3.07 Å². The van der Waals surface area contributed by atoms with Gasteiger partial charge in [0, 0.05) is 0 Å². The molecule has 0 atom stereocenters. The van der Waals surface area contributed by atoms with Crippen molar-refractivity contribution >= 4 is 15.5 Å².